The van der Waals surface area contributed by atoms with Gasteiger partial charge in [-0.15, -0.1) is 0 Å². The van der Waals surface area contributed by atoms with E-state index in [1.165, 1.54) is 18.2 Å². The summed E-state index contributed by atoms with van der Waals surface area (Å²) in [6.07, 6.45) is -3.57. The third kappa shape index (κ3) is 6.44. The van der Waals surface area contributed by atoms with Gasteiger partial charge in [0.2, 0.25) is 15.9 Å². The Labute approximate surface area is 170 Å². The number of benzene rings is 2. The van der Waals surface area contributed by atoms with Crippen LogP contribution in [0.1, 0.15) is 18.4 Å². The number of rotatable bonds is 8. The maximum Gasteiger partial charge on any atom is 0.416 e. The summed E-state index contributed by atoms with van der Waals surface area (Å²) in [5.41, 5.74) is -0.857. The minimum Gasteiger partial charge on any atom is -0.326 e. The highest BCUT2D eigenvalue weighted by atomic mass is 32.2. The van der Waals surface area contributed by atoms with Crippen LogP contribution >= 0.6 is 0 Å². The number of nitro benzene ring substituents is 1. The number of halogens is 3. The summed E-state index contributed by atoms with van der Waals surface area (Å²) < 4.78 is 62.7. The molecule has 0 unspecified atom stereocenters. The van der Waals surface area contributed by atoms with Crippen molar-refractivity contribution in [3.8, 4) is 0 Å². The third-order valence-electron chi connectivity index (χ3n) is 3.99. The van der Waals surface area contributed by atoms with E-state index in [2.05, 4.69) is 5.32 Å². The fraction of sp³-hybridized carbons (Fsp3) is 0.278. The van der Waals surface area contributed by atoms with E-state index in [4.69, 9.17) is 0 Å². The summed E-state index contributed by atoms with van der Waals surface area (Å²) >= 11 is 0. The van der Waals surface area contributed by atoms with E-state index in [-0.39, 0.29) is 36.4 Å². The first-order valence-corrected chi connectivity index (χ1v) is 10.4. The molecule has 2 aromatic carbocycles. The predicted octanol–water partition coefficient (Wildman–Crippen LogP) is 3.80. The lowest BCUT2D eigenvalue weighted by Gasteiger charge is -2.22. The fourth-order valence-electron chi connectivity index (χ4n) is 2.60. The number of nitrogens with one attached hydrogen (secondary N) is 1. The predicted molar refractivity (Wildman–Crippen MR) is 105 cm³/mol. The van der Waals surface area contributed by atoms with Gasteiger partial charge >= 0.3 is 6.18 Å². The van der Waals surface area contributed by atoms with Gasteiger partial charge in [0.05, 0.1) is 22.4 Å². The number of anilines is 2. The summed E-state index contributed by atoms with van der Waals surface area (Å²) in [4.78, 5) is 22.3. The number of alkyl halides is 3. The van der Waals surface area contributed by atoms with Crippen LogP contribution in [0.15, 0.2) is 48.5 Å². The minimum absolute atomic E-state index is 0.0855. The van der Waals surface area contributed by atoms with Gasteiger partial charge in [0.25, 0.3) is 5.69 Å². The van der Waals surface area contributed by atoms with E-state index in [0.717, 1.165) is 40.9 Å². The lowest BCUT2D eigenvalue weighted by molar-refractivity contribution is -0.384. The summed E-state index contributed by atoms with van der Waals surface area (Å²) in [5.74, 6) is -0.512. The number of non-ortho nitro benzene ring substituents is 1. The molecule has 0 aliphatic carbocycles. The van der Waals surface area contributed by atoms with Crippen LogP contribution in [0.2, 0.25) is 0 Å². The largest absolute Gasteiger partial charge is 0.416 e. The van der Waals surface area contributed by atoms with Crippen molar-refractivity contribution in [1.82, 2.24) is 0 Å². The second-order valence-corrected chi connectivity index (χ2v) is 8.25. The molecule has 0 aliphatic rings. The molecule has 2 aromatic rings. The van der Waals surface area contributed by atoms with E-state index in [1.54, 1.807) is 0 Å². The van der Waals surface area contributed by atoms with Gasteiger partial charge < -0.3 is 5.32 Å². The number of nitro groups is 1. The summed E-state index contributed by atoms with van der Waals surface area (Å²) in [6.45, 7) is -0.111. The molecule has 0 atom stereocenters. The zero-order valence-corrected chi connectivity index (χ0v) is 16.5. The molecule has 2 rings (SSSR count). The molecular weight excluding hydrogens is 427 g/mol. The minimum atomic E-state index is -4.48. The van der Waals surface area contributed by atoms with Gasteiger partial charge in [-0.05, 0) is 36.8 Å². The number of amides is 1. The molecule has 0 aromatic heterocycles. The lowest BCUT2D eigenvalue weighted by Crippen LogP contribution is -2.31. The van der Waals surface area contributed by atoms with Crippen LogP contribution in [0, 0.1) is 10.1 Å². The molecule has 30 heavy (non-hydrogen) atoms. The molecule has 0 saturated heterocycles. The maximum absolute atomic E-state index is 12.6. The van der Waals surface area contributed by atoms with E-state index in [0.29, 0.717) is 0 Å². The first kappa shape index (κ1) is 23.1. The van der Waals surface area contributed by atoms with Gasteiger partial charge in [0, 0.05) is 30.8 Å². The number of nitrogens with zero attached hydrogens (tertiary/aromatic N) is 2. The molecule has 0 spiro atoms. The number of hydrogen-bond acceptors (Lipinski definition) is 5. The third-order valence-corrected chi connectivity index (χ3v) is 5.18. The van der Waals surface area contributed by atoms with Gasteiger partial charge in [0.15, 0.2) is 0 Å². The second kappa shape index (κ2) is 9.11. The van der Waals surface area contributed by atoms with E-state index < -0.39 is 32.6 Å². The molecule has 0 heterocycles. The quantitative estimate of drug-likeness (QED) is 0.491. The van der Waals surface area contributed by atoms with Gasteiger partial charge in [-0.2, -0.15) is 13.2 Å². The van der Waals surface area contributed by atoms with Crippen molar-refractivity contribution in [1.29, 1.82) is 0 Å². The monoisotopic (exact) mass is 445 g/mol. The number of carbonyl (C=O) groups is 1. The molecule has 1 amide bonds. The molecule has 0 saturated carbocycles. The normalized spacial score (nSPS) is 11.7. The smallest absolute Gasteiger partial charge is 0.326 e. The molecule has 0 bridgehead atoms. The van der Waals surface area contributed by atoms with Crippen molar-refractivity contribution in [3.63, 3.8) is 0 Å². The molecule has 0 radical (unpaired) electrons. The average molecular weight is 445 g/mol. The second-order valence-electron chi connectivity index (χ2n) is 6.34. The number of sulfonamides is 1. The first-order chi connectivity index (χ1) is 13.9. The highest BCUT2D eigenvalue weighted by Gasteiger charge is 2.30. The van der Waals surface area contributed by atoms with Gasteiger partial charge in [0.1, 0.15) is 0 Å². The van der Waals surface area contributed by atoms with Gasteiger partial charge in [-0.1, -0.05) is 6.07 Å². The zero-order chi connectivity index (χ0) is 22.5. The first-order valence-electron chi connectivity index (χ1n) is 8.57. The van der Waals surface area contributed by atoms with Crippen molar-refractivity contribution >= 4 is 33.0 Å². The Kier molecular flexibility index (Phi) is 7.03. The lowest BCUT2D eigenvalue weighted by atomic mass is 10.2. The summed E-state index contributed by atoms with van der Waals surface area (Å²) in [6, 6.07) is 9.00. The van der Waals surface area contributed by atoms with Crippen LogP contribution in [-0.4, -0.2) is 32.0 Å². The highest BCUT2D eigenvalue weighted by molar-refractivity contribution is 7.92. The van der Waals surface area contributed by atoms with Crippen LogP contribution in [0.4, 0.5) is 30.2 Å². The summed E-state index contributed by atoms with van der Waals surface area (Å²) in [5, 5.41) is 13.3. The molecule has 1 N–H and O–H groups in total. The fourth-order valence-corrected chi connectivity index (χ4v) is 3.55. The molecule has 0 aliphatic heterocycles. The Morgan fingerprint density at radius 2 is 1.80 bits per heavy atom. The van der Waals surface area contributed by atoms with Crippen molar-refractivity contribution in [2.45, 2.75) is 19.0 Å². The Morgan fingerprint density at radius 1 is 1.17 bits per heavy atom. The van der Waals surface area contributed by atoms with Crippen molar-refractivity contribution in [2.75, 3.05) is 22.4 Å². The Balaban J connectivity index is 1.99. The molecule has 12 heteroatoms. The molecule has 8 nitrogen and oxygen atoms in total. The van der Waals surface area contributed by atoms with E-state index in [9.17, 15) is 36.5 Å². The maximum atomic E-state index is 12.6. The van der Waals surface area contributed by atoms with E-state index >= 15 is 0 Å². The van der Waals surface area contributed by atoms with Gasteiger partial charge in [-0.25, -0.2) is 8.42 Å². The van der Waals surface area contributed by atoms with Crippen LogP contribution in [0.3, 0.4) is 0 Å². The number of hydrogen-bond donors (Lipinski definition) is 1. The topological polar surface area (TPSA) is 110 Å². The standard InChI is InChI=1S/C18H18F3N3O5S/c1-30(28,29)23(15-4-2-5-16(12-15)24(26)27)11-3-6-17(25)22-14-9-7-13(8-10-14)18(19,20)21/h2,4-5,7-10,12H,3,6,11H2,1H3,(H,22,25). The van der Waals surface area contributed by atoms with Crippen LogP contribution in [0.25, 0.3) is 0 Å². The van der Waals surface area contributed by atoms with Crippen molar-refractivity contribution in [3.05, 3.63) is 64.2 Å². The van der Waals surface area contributed by atoms with Crippen molar-refractivity contribution < 1.29 is 31.3 Å². The Morgan fingerprint density at radius 3 is 2.33 bits per heavy atom. The Hall–Kier alpha value is -3.15. The van der Waals surface area contributed by atoms with Crippen LogP contribution in [-0.2, 0) is 21.0 Å². The highest BCUT2D eigenvalue weighted by Crippen LogP contribution is 2.30. The molecule has 0 fully saturated rings. The Bertz CT molecular complexity index is 1020. The molecular formula is C18H18F3N3O5S. The van der Waals surface area contributed by atoms with Crippen LogP contribution < -0.4 is 9.62 Å². The molecule has 162 valence electrons. The summed E-state index contributed by atoms with van der Waals surface area (Å²) in [7, 11) is -3.76. The van der Waals surface area contributed by atoms with Crippen LogP contribution in [0.5, 0.6) is 0 Å². The van der Waals surface area contributed by atoms with Crippen molar-refractivity contribution in [2.24, 2.45) is 0 Å². The zero-order valence-electron chi connectivity index (χ0n) is 15.7. The van der Waals surface area contributed by atoms with Gasteiger partial charge in [-0.3, -0.25) is 19.2 Å². The average Bonchev–Trinajstić information content (AvgIpc) is 2.64. The number of carbonyl (C=O) groups excluding carboxylic acids is 1. The van der Waals surface area contributed by atoms with E-state index in [1.807, 2.05) is 0 Å². The SMILES string of the molecule is CS(=O)(=O)N(CCCC(=O)Nc1ccc(C(F)(F)F)cc1)c1cccc([N+](=O)[O-])c1.